The zero-order valence-corrected chi connectivity index (χ0v) is 24.9. The van der Waals surface area contributed by atoms with E-state index in [1.807, 2.05) is 80.6 Å². The van der Waals surface area contributed by atoms with Crippen molar-refractivity contribution < 1.29 is 28.1 Å². The molecule has 216 valence electrons. The number of hydrogen-bond donors (Lipinski definition) is 1. The van der Waals surface area contributed by atoms with E-state index in [-0.39, 0.29) is 17.6 Å². The molecule has 0 radical (unpaired) electrons. The van der Waals surface area contributed by atoms with Gasteiger partial charge < -0.3 is 14.4 Å². The lowest BCUT2D eigenvalue weighted by molar-refractivity contribution is -0.138. The fraction of sp³-hybridized carbons (Fsp3) is 0.235. The summed E-state index contributed by atoms with van der Waals surface area (Å²) in [6.07, 6.45) is 4.14. The van der Waals surface area contributed by atoms with E-state index in [0.717, 1.165) is 18.2 Å². The van der Waals surface area contributed by atoms with E-state index in [9.17, 15) is 18.9 Å². The first-order valence-electron chi connectivity index (χ1n) is 13.5. The number of esters is 1. The summed E-state index contributed by atoms with van der Waals surface area (Å²) in [6, 6.07) is 27.4. The number of ether oxygens (including phenoxy) is 1. The van der Waals surface area contributed by atoms with E-state index in [1.165, 1.54) is 19.1 Å². The summed E-state index contributed by atoms with van der Waals surface area (Å²) < 4.78 is 37.8. The van der Waals surface area contributed by atoms with Gasteiger partial charge in [-0.3, -0.25) is 9.55 Å². The number of hydrogen-bond acceptors (Lipinski definition) is 6. The molecule has 4 rings (SSSR count). The summed E-state index contributed by atoms with van der Waals surface area (Å²) >= 11 is 0. The number of aromatic nitrogens is 1. The number of nitrogens with zero attached hydrogens (tertiary/aromatic N) is 1. The van der Waals surface area contributed by atoms with Crippen LogP contribution in [0.2, 0.25) is 0 Å². The topological polar surface area (TPSA) is 85.7 Å². The largest absolute Gasteiger partial charge is 0.422 e. The van der Waals surface area contributed by atoms with Gasteiger partial charge in [-0.25, -0.2) is 9.18 Å². The van der Waals surface area contributed by atoms with Crippen LogP contribution in [0, 0.1) is 18.2 Å². The van der Waals surface area contributed by atoms with Crippen molar-refractivity contribution in [2.45, 2.75) is 43.9 Å². The Morgan fingerprint density at radius 3 is 1.98 bits per heavy atom. The molecule has 0 fully saturated rings. The smallest absolute Gasteiger partial charge is 0.342 e. The van der Waals surface area contributed by atoms with Crippen LogP contribution in [0.25, 0.3) is 11.1 Å². The first-order chi connectivity index (χ1) is 20.1. The molecule has 0 aliphatic heterocycles. The van der Waals surface area contributed by atoms with Gasteiger partial charge >= 0.3 is 5.97 Å². The second-order valence-electron chi connectivity index (χ2n) is 10.2. The van der Waals surface area contributed by atoms with Crippen molar-refractivity contribution in [2.24, 2.45) is 0 Å². The molecular formula is C34H33FNO5P. The molecule has 4 aromatic rings. The van der Waals surface area contributed by atoms with Crippen molar-refractivity contribution in [1.82, 2.24) is 4.98 Å². The number of aliphatic hydroxyl groups is 1. The van der Waals surface area contributed by atoms with Gasteiger partial charge in [0, 0.05) is 12.7 Å². The molecule has 0 saturated heterocycles. The summed E-state index contributed by atoms with van der Waals surface area (Å²) in [5, 5.41) is 8.29. The fourth-order valence-corrected chi connectivity index (χ4v) is 5.88. The maximum atomic E-state index is 14.0. The molecule has 0 spiro atoms. The molecule has 0 aliphatic carbocycles. The number of terminal acetylenes is 1. The summed E-state index contributed by atoms with van der Waals surface area (Å²) in [5.41, 5.74) is 4.14. The highest BCUT2D eigenvalue weighted by atomic mass is 31.1. The average molecular weight is 586 g/mol. The van der Waals surface area contributed by atoms with E-state index in [4.69, 9.17) is 20.7 Å². The first kappa shape index (κ1) is 30.9. The molecule has 6 nitrogen and oxygen atoms in total. The number of carbonyl (C=O) groups is 1. The molecule has 42 heavy (non-hydrogen) atoms. The number of aliphatic hydroxyl groups excluding tert-OH is 1. The van der Waals surface area contributed by atoms with E-state index in [1.54, 1.807) is 12.1 Å². The van der Waals surface area contributed by atoms with E-state index >= 15 is 0 Å². The zero-order valence-electron chi connectivity index (χ0n) is 23.9. The van der Waals surface area contributed by atoms with Crippen LogP contribution in [-0.2, 0) is 13.9 Å². The fourth-order valence-electron chi connectivity index (χ4n) is 4.89. The maximum Gasteiger partial charge on any atom is 0.342 e. The third-order valence-corrected chi connectivity index (χ3v) is 8.94. The molecule has 3 unspecified atom stereocenters. The predicted octanol–water partition coefficient (Wildman–Crippen LogP) is 6.97. The van der Waals surface area contributed by atoms with E-state index in [0.29, 0.717) is 22.5 Å². The Morgan fingerprint density at radius 1 is 0.976 bits per heavy atom. The molecule has 0 saturated carbocycles. The molecule has 0 amide bonds. The second-order valence-corrected chi connectivity index (χ2v) is 12.0. The van der Waals surface area contributed by atoms with Crippen LogP contribution < -0.4 is 4.74 Å². The summed E-state index contributed by atoms with van der Waals surface area (Å²) in [4.78, 5) is 18.7. The Morgan fingerprint density at radius 2 is 1.52 bits per heavy atom. The van der Waals surface area contributed by atoms with Gasteiger partial charge in [-0.15, -0.1) is 6.42 Å². The maximum absolute atomic E-state index is 14.0. The number of rotatable bonds is 10. The molecule has 0 bridgehead atoms. The molecule has 3 atom stereocenters. The van der Waals surface area contributed by atoms with Crippen molar-refractivity contribution in [3.63, 3.8) is 0 Å². The minimum atomic E-state index is -3.28. The number of carbonyl (C=O) groups excluding carboxylic acids is 1. The Bertz CT molecular complexity index is 1560. The molecule has 1 heterocycles. The third kappa shape index (κ3) is 6.07. The van der Waals surface area contributed by atoms with Gasteiger partial charge in [0.2, 0.25) is 13.2 Å². The van der Waals surface area contributed by atoms with Gasteiger partial charge in [0.25, 0.3) is 0 Å². The molecular weight excluding hydrogens is 552 g/mol. The summed E-state index contributed by atoms with van der Waals surface area (Å²) in [7, 11) is -2.13. The number of benzene rings is 3. The van der Waals surface area contributed by atoms with Crippen molar-refractivity contribution in [2.75, 3.05) is 7.11 Å². The highest BCUT2D eigenvalue weighted by Gasteiger charge is 2.50. The molecule has 8 heteroatoms. The van der Waals surface area contributed by atoms with Gasteiger partial charge in [0.05, 0.1) is 23.4 Å². The Kier molecular flexibility index (Phi) is 9.75. The van der Waals surface area contributed by atoms with Crippen molar-refractivity contribution in [3.8, 4) is 29.2 Å². The summed E-state index contributed by atoms with van der Waals surface area (Å²) in [5.74, 6) is 0.212. The van der Waals surface area contributed by atoms with Crippen LogP contribution in [0.15, 0.2) is 91.0 Å². The predicted molar refractivity (Wildman–Crippen MR) is 162 cm³/mol. The minimum absolute atomic E-state index is 0.0800. The van der Waals surface area contributed by atoms with Crippen molar-refractivity contribution in [1.29, 1.82) is 0 Å². The van der Waals surface area contributed by atoms with E-state index in [2.05, 4.69) is 5.92 Å². The van der Waals surface area contributed by atoms with E-state index < -0.39 is 31.1 Å². The monoisotopic (exact) mass is 585 g/mol. The third-order valence-electron chi connectivity index (χ3n) is 7.16. The number of pyridine rings is 1. The quantitative estimate of drug-likeness (QED) is 0.123. The van der Waals surface area contributed by atoms with Crippen LogP contribution >= 0.6 is 8.03 Å². The molecule has 0 aliphatic rings. The lowest BCUT2D eigenvalue weighted by atomic mass is 9.86. The summed E-state index contributed by atoms with van der Waals surface area (Å²) in [6.45, 7) is 5.07. The molecule has 1 aromatic heterocycles. The van der Waals surface area contributed by atoms with Gasteiger partial charge in [-0.05, 0) is 47.7 Å². The Balaban J connectivity index is 2.01. The van der Waals surface area contributed by atoms with Crippen molar-refractivity contribution in [3.05, 3.63) is 119 Å². The van der Waals surface area contributed by atoms with Crippen LogP contribution in [0.5, 0.6) is 5.75 Å². The molecule has 3 aromatic carbocycles. The van der Waals surface area contributed by atoms with Crippen LogP contribution in [0.1, 0.15) is 55.1 Å². The lowest BCUT2D eigenvalue weighted by Crippen LogP contribution is -2.46. The van der Waals surface area contributed by atoms with Crippen LogP contribution in [-0.4, -0.2) is 34.4 Å². The van der Waals surface area contributed by atoms with Gasteiger partial charge in [-0.1, -0.05) is 92.6 Å². The normalized spacial score (nSPS) is 14.2. The molecule has 1 N–H and O–H groups in total. The first-order valence-corrected chi connectivity index (χ1v) is 14.8. The average Bonchev–Trinajstić information content (AvgIpc) is 2.99. The van der Waals surface area contributed by atoms with Crippen LogP contribution in [0.3, 0.4) is 0 Å². The Hall–Kier alpha value is -4.08. The van der Waals surface area contributed by atoms with Gasteiger partial charge in [0.15, 0.2) is 5.75 Å². The Labute approximate surface area is 246 Å². The highest BCUT2D eigenvalue weighted by molar-refractivity contribution is 7.43. The zero-order chi connectivity index (χ0) is 30.4. The van der Waals surface area contributed by atoms with Crippen LogP contribution in [0.4, 0.5) is 4.39 Å². The highest BCUT2D eigenvalue weighted by Crippen LogP contribution is 2.46. The second kappa shape index (κ2) is 13.3. The lowest BCUT2D eigenvalue weighted by Gasteiger charge is -2.29. The standard InChI is InChI=1S/C34H33FNO5P/c1-6-34(23(4)37,42(39)40-5)33(38)41-32-28(24-17-19-27(35)20-18-24)21-29(36-31(32)22(2)3)30(25-13-9-7-10-14-25)26-15-11-8-12-16-26/h1,7-23,30,37,42H,2-5H3. The number of halogens is 1. The van der Waals surface area contributed by atoms with Gasteiger partial charge in [-0.2, -0.15) is 0 Å². The minimum Gasteiger partial charge on any atom is -0.422 e. The SMILES string of the molecule is C#CC(C(=O)Oc1c(-c2ccc(F)cc2)cc(C(c2ccccc2)c2ccccc2)nc1C(C)C)(C(C)O)[PH](=O)OC. The van der Waals surface area contributed by atoms with Crippen molar-refractivity contribution >= 4 is 14.0 Å². The van der Waals surface area contributed by atoms with Gasteiger partial charge in [0.1, 0.15) is 5.82 Å².